The molecule has 2 heterocycles. The van der Waals surface area contributed by atoms with Gasteiger partial charge >= 0.3 is 0 Å². The van der Waals surface area contributed by atoms with Gasteiger partial charge in [0.15, 0.2) is 5.89 Å². The Labute approximate surface area is 139 Å². The van der Waals surface area contributed by atoms with Gasteiger partial charge in [0.2, 0.25) is 10.0 Å². The molecule has 0 N–H and O–H groups in total. The number of rotatable bonds is 2. The van der Waals surface area contributed by atoms with Crippen molar-refractivity contribution in [1.82, 2.24) is 9.29 Å². The summed E-state index contributed by atoms with van der Waals surface area (Å²) in [4.78, 5) is 3.72. The SMILES string of the molecule is CC(C)(C)c1nc2c(o1)CCN(S(=O)(=O)c1cc(F)ccc1F)C2. The van der Waals surface area contributed by atoms with Gasteiger partial charge in [-0.25, -0.2) is 22.2 Å². The van der Waals surface area contributed by atoms with E-state index in [1.807, 2.05) is 20.8 Å². The molecule has 0 bridgehead atoms. The molecule has 3 rings (SSSR count). The van der Waals surface area contributed by atoms with Crippen molar-refractivity contribution in [1.29, 1.82) is 0 Å². The maximum atomic E-state index is 13.9. The predicted molar refractivity (Wildman–Crippen MR) is 82.9 cm³/mol. The average Bonchev–Trinajstić information content (AvgIpc) is 2.93. The first-order valence-corrected chi connectivity index (χ1v) is 8.97. The topological polar surface area (TPSA) is 63.4 Å². The molecule has 1 aromatic heterocycles. The van der Waals surface area contributed by atoms with E-state index in [0.717, 1.165) is 16.4 Å². The van der Waals surface area contributed by atoms with Gasteiger partial charge < -0.3 is 4.42 Å². The van der Waals surface area contributed by atoms with Gasteiger partial charge in [-0.05, 0) is 18.2 Å². The number of oxazole rings is 1. The molecule has 24 heavy (non-hydrogen) atoms. The molecule has 0 amide bonds. The summed E-state index contributed by atoms with van der Waals surface area (Å²) < 4.78 is 59.3. The van der Waals surface area contributed by atoms with Crippen molar-refractivity contribution in [3.8, 4) is 0 Å². The third-order valence-electron chi connectivity index (χ3n) is 3.85. The smallest absolute Gasteiger partial charge is 0.246 e. The highest BCUT2D eigenvalue weighted by Gasteiger charge is 2.34. The zero-order valence-corrected chi connectivity index (χ0v) is 14.5. The average molecular weight is 356 g/mol. The van der Waals surface area contributed by atoms with E-state index in [0.29, 0.717) is 29.8 Å². The lowest BCUT2D eigenvalue weighted by molar-refractivity contribution is 0.337. The van der Waals surface area contributed by atoms with Gasteiger partial charge in [-0.2, -0.15) is 4.31 Å². The summed E-state index contributed by atoms with van der Waals surface area (Å²) in [5.74, 6) is -0.600. The molecule has 1 aromatic carbocycles. The number of hydrogen-bond acceptors (Lipinski definition) is 4. The fraction of sp³-hybridized carbons (Fsp3) is 0.438. The van der Waals surface area contributed by atoms with E-state index in [-0.39, 0.29) is 18.5 Å². The number of sulfonamides is 1. The maximum Gasteiger partial charge on any atom is 0.246 e. The standard InChI is InChI=1S/C16H18F2N2O3S/c1-16(2,3)15-19-12-9-20(7-6-13(12)23-15)24(21,22)14-8-10(17)4-5-11(14)18/h4-5,8H,6-7,9H2,1-3H3. The lowest BCUT2D eigenvalue weighted by atomic mass is 9.97. The van der Waals surface area contributed by atoms with Crippen molar-refractivity contribution < 1.29 is 21.6 Å². The fourth-order valence-corrected chi connectivity index (χ4v) is 3.99. The minimum atomic E-state index is -4.15. The Hall–Kier alpha value is -1.80. The van der Waals surface area contributed by atoms with Crippen LogP contribution in [-0.2, 0) is 28.4 Å². The van der Waals surface area contributed by atoms with Crippen molar-refractivity contribution in [2.24, 2.45) is 0 Å². The first kappa shape index (κ1) is 17.0. The van der Waals surface area contributed by atoms with Crippen LogP contribution in [0.1, 0.15) is 38.1 Å². The third-order valence-corrected chi connectivity index (χ3v) is 5.71. The normalized spacial score (nSPS) is 16.2. The second-order valence-electron chi connectivity index (χ2n) is 6.80. The molecule has 0 unspecified atom stereocenters. The van der Waals surface area contributed by atoms with Crippen molar-refractivity contribution in [2.45, 2.75) is 44.0 Å². The van der Waals surface area contributed by atoms with E-state index >= 15 is 0 Å². The highest BCUT2D eigenvalue weighted by Crippen LogP contribution is 2.30. The van der Waals surface area contributed by atoms with E-state index in [1.54, 1.807) is 0 Å². The molecule has 0 fully saturated rings. The van der Waals surface area contributed by atoms with Gasteiger partial charge in [0.25, 0.3) is 0 Å². The summed E-state index contributed by atoms with van der Waals surface area (Å²) in [6, 6.07) is 2.39. The molecule has 130 valence electrons. The van der Waals surface area contributed by atoms with Crippen LogP contribution in [0.4, 0.5) is 8.78 Å². The lowest BCUT2D eigenvalue weighted by Gasteiger charge is -2.24. The van der Waals surface area contributed by atoms with Crippen LogP contribution >= 0.6 is 0 Å². The van der Waals surface area contributed by atoms with Crippen molar-refractivity contribution in [3.05, 3.63) is 47.2 Å². The van der Waals surface area contributed by atoms with Gasteiger partial charge in [-0.1, -0.05) is 20.8 Å². The zero-order chi connectivity index (χ0) is 17.7. The summed E-state index contributed by atoms with van der Waals surface area (Å²) in [5.41, 5.74) is 0.224. The van der Waals surface area contributed by atoms with E-state index in [2.05, 4.69) is 4.98 Å². The van der Waals surface area contributed by atoms with Crippen molar-refractivity contribution in [3.63, 3.8) is 0 Å². The Morgan fingerprint density at radius 3 is 2.62 bits per heavy atom. The van der Waals surface area contributed by atoms with Crippen LogP contribution < -0.4 is 0 Å². The van der Waals surface area contributed by atoms with Gasteiger partial charge in [0.1, 0.15) is 22.3 Å². The van der Waals surface area contributed by atoms with E-state index in [9.17, 15) is 17.2 Å². The minimum Gasteiger partial charge on any atom is -0.445 e. The van der Waals surface area contributed by atoms with Crippen LogP contribution in [0.2, 0.25) is 0 Å². The molecule has 0 radical (unpaired) electrons. The number of hydrogen-bond donors (Lipinski definition) is 0. The first-order chi connectivity index (χ1) is 11.1. The molecule has 1 aliphatic heterocycles. The summed E-state index contributed by atoms with van der Waals surface area (Å²) in [6.45, 7) is 5.94. The van der Waals surface area contributed by atoms with Crippen LogP contribution in [0, 0.1) is 11.6 Å². The molecule has 0 saturated heterocycles. The summed E-state index contributed by atoms with van der Waals surface area (Å²) >= 11 is 0. The number of aromatic nitrogens is 1. The van der Waals surface area contributed by atoms with Crippen molar-refractivity contribution in [2.75, 3.05) is 6.54 Å². The molecule has 1 aliphatic rings. The molecule has 0 spiro atoms. The number of halogens is 2. The van der Waals surface area contributed by atoms with Gasteiger partial charge in [0.05, 0.1) is 12.2 Å². The van der Waals surface area contributed by atoms with Crippen LogP contribution in [0.5, 0.6) is 0 Å². The van der Waals surface area contributed by atoms with E-state index < -0.39 is 26.6 Å². The van der Waals surface area contributed by atoms with E-state index in [4.69, 9.17) is 4.42 Å². The van der Waals surface area contributed by atoms with Crippen LogP contribution in [0.25, 0.3) is 0 Å². The molecule has 2 aromatic rings. The fourth-order valence-electron chi connectivity index (χ4n) is 2.51. The Morgan fingerprint density at radius 2 is 1.96 bits per heavy atom. The zero-order valence-electron chi connectivity index (χ0n) is 13.6. The summed E-state index contributed by atoms with van der Waals surface area (Å²) in [7, 11) is -4.15. The Kier molecular flexibility index (Phi) is 4.00. The Balaban J connectivity index is 1.95. The Morgan fingerprint density at radius 1 is 1.25 bits per heavy atom. The number of nitrogens with zero attached hydrogens (tertiary/aromatic N) is 2. The van der Waals surface area contributed by atoms with Crippen LogP contribution in [0.15, 0.2) is 27.5 Å². The van der Waals surface area contributed by atoms with Crippen LogP contribution in [0.3, 0.4) is 0 Å². The van der Waals surface area contributed by atoms with Gasteiger partial charge in [0, 0.05) is 18.4 Å². The highest BCUT2D eigenvalue weighted by atomic mass is 32.2. The summed E-state index contributed by atoms with van der Waals surface area (Å²) in [6.07, 6.45) is 0.342. The number of benzene rings is 1. The monoisotopic (exact) mass is 356 g/mol. The highest BCUT2D eigenvalue weighted by molar-refractivity contribution is 7.89. The molecule has 0 aliphatic carbocycles. The molecule has 0 saturated carbocycles. The second-order valence-corrected chi connectivity index (χ2v) is 8.71. The van der Waals surface area contributed by atoms with E-state index in [1.165, 1.54) is 0 Å². The molecule has 0 atom stereocenters. The van der Waals surface area contributed by atoms with Gasteiger partial charge in [-0.3, -0.25) is 0 Å². The quantitative estimate of drug-likeness (QED) is 0.830. The first-order valence-electron chi connectivity index (χ1n) is 7.53. The molecule has 8 heteroatoms. The van der Waals surface area contributed by atoms with Crippen molar-refractivity contribution >= 4 is 10.0 Å². The molecular weight excluding hydrogens is 338 g/mol. The van der Waals surface area contributed by atoms with Crippen LogP contribution in [-0.4, -0.2) is 24.3 Å². The maximum absolute atomic E-state index is 13.9. The predicted octanol–water partition coefficient (Wildman–Crippen LogP) is 3.00. The lowest BCUT2D eigenvalue weighted by Crippen LogP contribution is -2.36. The number of fused-ring (bicyclic) bond motifs is 1. The van der Waals surface area contributed by atoms with Gasteiger partial charge in [-0.15, -0.1) is 0 Å². The largest absolute Gasteiger partial charge is 0.445 e. The Bertz CT molecular complexity index is 885. The third kappa shape index (κ3) is 2.95. The summed E-state index contributed by atoms with van der Waals surface area (Å²) in [5, 5.41) is 0. The molecule has 5 nitrogen and oxygen atoms in total. The second kappa shape index (κ2) is 5.63. The molecular formula is C16H18F2N2O3S. The minimum absolute atomic E-state index is 0.0206.